The van der Waals surface area contributed by atoms with E-state index < -0.39 is 33.8 Å². The van der Waals surface area contributed by atoms with E-state index in [9.17, 15) is 36.3 Å². The van der Waals surface area contributed by atoms with Crippen LogP contribution in [-0.4, -0.2) is 43.6 Å². The van der Waals surface area contributed by atoms with Gasteiger partial charge in [0.25, 0.3) is 0 Å². The summed E-state index contributed by atoms with van der Waals surface area (Å²) in [5, 5.41) is 21.1. The number of carbonyl (C=O) groups is 3. The Hall–Kier alpha value is -2.38. The summed E-state index contributed by atoms with van der Waals surface area (Å²) in [7, 11) is -3.31. The molecule has 0 aliphatic heterocycles. The van der Waals surface area contributed by atoms with Crippen molar-refractivity contribution in [1.82, 2.24) is 0 Å². The van der Waals surface area contributed by atoms with Gasteiger partial charge < -0.3 is 20.3 Å². The Morgan fingerprint density at radius 1 is 1.12 bits per heavy atom. The van der Waals surface area contributed by atoms with Crippen molar-refractivity contribution in [3.8, 4) is 5.75 Å². The van der Waals surface area contributed by atoms with Gasteiger partial charge in [0.2, 0.25) is 5.91 Å². The van der Waals surface area contributed by atoms with Crippen molar-refractivity contribution >= 4 is 44.8 Å². The Morgan fingerprint density at radius 2 is 1.62 bits per heavy atom. The van der Waals surface area contributed by atoms with Crippen LogP contribution in [0.1, 0.15) is 12.5 Å². The molecule has 0 aliphatic rings. The number of aromatic hydroxyl groups is 1. The first kappa shape index (κ1) is 31.6. The number of rotatable bonds is 6. The second-order valence-corrected chi connectivity index (χ2v) is 9.15. The molecule has 0 aromatic heterocycles. The molecule has 190 valence electrons. The van der Waals surface area contributed by atoms with Gasteiger partial charge in [-0.15, -0.1) is 0 Å². The number of benzene rings is 2. The number of aliphatic carboxylic acids is 1. The van der Waals surface area contributed by atoms with Crippen LogP contribution in [0.15, 0.2) is 47.4 Å². The molecule has 0 heterocycles. The number of anilines is 1. The number of hydrogen-bond donors (Lipinski definition) is 2. The average molecular weight is 617 g/mol. The minimum atomic E-state index is -5.19. The fourth-order valence-corrected chi connectivity index (χ4v) is 3.15. The van der Waals surface area contributed by atoms with E-state index in [1.807, 2.05) is 0 Å². The zero-order valence-corrected chi connectivity index (χ0v) is 20.5. The Bertz CT molecular complexity index is 1140. The van der Waals surface area contributed by atoms with E-state index in [4.69, 9.17) is 21.5 Å². The van der Waals surface area contributed by atoms with Crippen molar-refractivity contribution in [3.05, 3.63) is 53.1 Å². The number of carbonyl (C=O) groups excluding carboxylic acids is 3. The summed E-state index contributed by atoms with van der Waals surface area (Å²) in [5.74, 6) is -4.95. The first-order valence-corrected chi connectivity index (χ1v) is 11.2. The monoisotopic (exact) mass is 615 g/mol. The van der Waals surface area contributed by atoms with Gasteiger partial charge in [-0.05, 0) is 43.2 Å². The maximum atomic E-state index is 12.5. The van der Waals surface area contributed by atoms with E-state index in [0.717, 1.165) is 6.26 Å². The minimum absolute atomic E-state index is 0. The topological polar surface area (TPSA) is 141 Å². The van der Waals surface area contributed by atoms with Crippen molar-refractivity contribution in [3.63, 3.8) is 0 Å². The van der Waals surface area contributed by atoms with Gasteiger partial charge in [0.1, 0.15) is 23.4 Å². The molecule has 0 fully saturated rings. The molecule has 2 rings (SSSR count). The summed E-state index contributed by atoms with van der Waals surface area (Å²) in [4.78, 5) is 33.3. The van der Waals surface area contributed by atoms with E-state index in [2.05, 4.69) is 5.32 Å². The number of carboxylic acid groups (broad SMARTS) is 1. The Kier molecular flexibility index (Phi) is 12.0. The number of phenolic OH excluding ortho intramolecular Hbond substituents is 1. The predicted octanol–water partition coefficient (Wildman–Crippen LogP) is 2.13. The van der Waals surface area contributed by atoms with Gasteiger partial charge >= 0.3 is 28.6 Å². The first-order valence-electron chi connectivity index (χ1n) is 8.89. The van der Waals surface area contributed by atoms with Gasteiger partial charge in [0, 0.05) is 12.3 Å². The number of nitrogens with one attached hydrogen (secondary N) is 1. The van der Waals surface area contributed by atoms with Gasteiger partial charge in [-0.25, -0.2) is 8.42 Å². The summed E-state index contributed by atoms with van der Waals surface area (Å²) in [6, 6.07) is 10.1. The zero-order chi connectivity index (χ0) is 25.6. The van der Waals surface area contributed by atoms with Crippen molar-refractivity contribution in [2.24, 2.45) is 5.92 Å². The zero-order valence-electron chi connectivity index (χ0n) is 17.4. The first-order chi connectivity index (χ1) is 15.0. The van der Waals surface area contributed by atoms with Gasteiger partial charge in [0.05, 0.1) is 15.6 Å². The third kappa shape index (κ3) is 10.3. The molecule has 2 N–H and O–H groups in total. The fourth-order valence-electron chi connectivity index (χ4n) is 2.36. The number of alkyl halides is 3. The molecule has 0 aliphatic carbocycles. The third-order valence-corrected chi connectivity index (χ3v) is 5.50. The molecule has 2 aromatic carbocycles. The van der Waals surface area contributed by atoms with Crippen LogP contribution in [-0.2, 0) is 53.0 Å². The SMILES string of the molecule is CC(=O)C(Cc1ccc(S(C)(=O)=O)cc1)C(=O)Nc1cc(O)ccc1Cl.O=C([O-])C(F)(F)F.[Ag+]. The second-order valence-electron chi connectivity index (χ2n) is 6.72. The van der Waals surface area contributed by atoms with Crippen LogP contribution in [0, 0.1) is 5.92 Å². The molecular formula is C20H18AgClF3NO7S. The minimum Gasteiger partial charge on any atom is -0.542 e. The number of ketones is 1. The molecule has 0 saturated heterocycles. The summed E-state index contributed by atoms with van der Waals surface area (Å²) < 4.78 is 54.5. The number of hydrogen-bond acceptors (Lipinski definition) is 7. The van der Waals surface area contributed by atoms with E-state index in [1.165, 1.54) is 37.3 Å². The van der Waals surface area contributed by atoms with Gasteiger partial charge in [-0.3, -0.25) is 9.59 Å². The number of amides is 1. The summed E-state index contributed by atoms with van der Waals surface area (Å²) in [5.41, 5.74) is 0.852. The number of sulfone groups is 1. The smallest absolute Gasteiger partial charge is 0.542 e. The maximum absolute atomic E-state index is 12.5. The molecule has 1 unspecified atom stereocenters. The van der Waals surface area contributed by atoms with E-state index >= 15 is 0 Å². The molecule has 0 bridgehead atoms. The van der Waals surface area contributed by atoms with Gasteiger partial charge in [-0.1, -0.05) is 23.7 Å². The number of carboxylic acids is 1. The van der Waals surface area contributed by atoms with Crippen LogP contribution in [0.4, 0.5) is 18.9 Å². The standard InChI is InChI=1S/C18H18ClNO5S.C2HF3O2.Ag/c1-11(21)15(9-12-3-6-14(7-4-12)26(2,24)25)18(23)20-17-10-13(22)5-8-16(17)19;3-2(4,5)1(6)7;/h3-8,10,15,22H,9H2,1-2H3,(H,20,23);(H,6,7);/q;;+1/p-1. The molecular weight excluding hydrogens is 599 g/mol. The maximum Gasteiger partial charge on any atom is 1.00 e. The third-order valence-electron chi connectivity index (χ3n) is 4.04. The van der Waals surface area contributed by atoms with Crippen LogP contribution < -0.4 is 10.4 Å². The number of Topliss-reactive ketones (excluding diaryl/α,β-unsaturated/α-hetero) is 1. The van der Waals surface area contributed by atoms with Crippen molar-refractivity contribution < 1.29 is 68.6 Å². The molecule has 8 nitrogen and oxygen atoms in total. The molecule has 0 radical (unpaired) electrons. The van der Waals surface area contributed by atoms with Crippen molar-refractivity contribution in [2.75, 3.05) is 11.6 Å². The van der Waals surface area contributed by atoms with Crippen LogP contribution in [0.3, 0.4) is 0 Å². The van der Waals surface area contributed by atoms with E-state index in [-0.39, 0.29) is 55.9 Å². The average Bonchev–Trinajstić information content (AvgIpc) is 2.68. The number of phenols is 1. The summed E-state index contributed by atoms with van der Waals surface area (Å²) in [6.45, 7) is 1.30. The largest absolute Gasteiger partial charge is 1.00 e. The van der Waals surface area contributed by atoms with Gasteiger partial charge in [-0.2, -0.15) is 13.2 Å². The van der Waals surface area contributed by atoms with Crippen LogP contribution in [0.5, 0.6) is 5.75 Å². The summed E-state index contributed by atoms with van der Waals surface area (Å²) in [6.07, 6.45) is -3.98. The Balaban J connectivity index is 0.00000119. The van der Waals surface area contributed by atoms with Crippen LogP contribution >= 0.6 is 11.6 Å². The Morgan fingerprint density at radius 3 is 2.03 bits per heavy atom. The molecule has 1 amide bonds. The molecule has 1 atom stereocenters. The normalized spacial score (nSPS) is 11.8. The van der Waals surface area contributed by atoms with E-state index in [1.54, 1.807) is 12.1 Å². The van der Waals surface area contributed by atoms with Crippen molar-refractivity contribution in [2.45, 2.75) is 24.4 Å². The van der Waals surface area contributed by atoms with Crippen LogP contribution in [0.2, 0.25) is 5.02 Å². The molecule has 2 aromatic rings. The molecule has 34 heavy (non-hydrogen) atoms. The van der Waals surface area contributed by atoms with Crippen molar-refractivity contribution in [1.29, 1.82) is 0 Å². The molecule has 0 spiro atoms. The predicted molar refractivity (Wildman–Crippen MR) is 110 cm³/mol. The number of halogens is 4. The Labute approximate surface area is 213 Å². The second kappa shape index (κ2) is 12.9. The summed E-state index contributed by atoms with van der Waals surface area (Å²) >= 11 is 5.98. The fraction of sp³-hybridized carbons (Fsp3) is 0.250. The van der Waals surface area contributed by atoms with Gasteiger partial charge in [0.15, 0.2) is 9.84 Å². The quantitative estimate of drug-likeness (QED) is 0.374. The molecule has 0 saturated carbocycles. The molecule has 14 heteroatoms. The van der Waals surface area contributed by atoms with Crippen LogP contribution in [0.25, 0.3) is 0 Å². The van der Waals surface area contributed by atoms with E-state index in [0.29, 0.717) is 5.56 Å².